The first kappa shape index (κ1) is 17.6. The lowest BCUT2D eigenvalue weighted by Crippen LogP contribution is -2.56. The summed E-state index contributed by atoms with van der Waals surface area (Å²) in [6.45, 7) is 10.6. The molecule has 0 radical (unpaired) electrons. The molecule has 0 amide bonds. The molecule has 0 spiro atoms. The third-order valence-corrected chi connectivity index (χ3v) is 4.28. The Kier molecular flexibility index (Phi) is 4.90. The van der Waals surface area contributed by atoms with E-state index in [0.717, 1.165) is 17.9 Å². The molecule has 0 aliphatic heterocycles. The van der Waals surface area contributed by atoms with Crippen LogP contribution in [0.5, 0.6) is 5.75 Å². The van der Waals surface area contributed by atoms with Crippen molar-refractivity contribution in [3.8, 4) is 5.75 Å². The van der Waals surface area contributed by atoms with Crippen molar-refractivity contribution in [2.45, 2.75) is 58.8 Å². The molecule has 0 aromatic heterocycles. The number of ether oxygens (including phenoxy) is 2. The Morgan fingerprint density at radius 1 is 1.26 bits per heavy atom. The summed E-state index contributed by atoms with van der Waals surface area (Å²) in [5.74, 6) is 1.25. The molecule has 0 saturated heterocycles. The molecular formula is C18H29N3O2. The topological polar surface area (TPSA) is 68.9 Å². The van der Waals surface area contributed by atoms with E-state index in [1.807, 2.05) is 24.3 Å². The van der Waals surface area contributed by atoms with Crippen LogP contribution in [-0.2, 0) is 4.74 Å². The summed E-state index contributed by atoms with van der Waals surface area (Å²) in [5.41, 5.74) is 6.79. The van der Waals surface area contributed by atoms with E-state index in [4.69, 9.17) is 15.2 Å². The van der Waals surface area contributed by atoms with Gasteiger partial charge in [0, 0.05) is 11.1 Å². The quantitative estimate of drug-likeness (QED) is 0.659. The van der Waals surface area contributed by atoms with Crippen LogP contribution in [0.2, 0.25) is 0 Å². The molecule has 23 heavy (non-hydrogen) atoms. The number of nitrogens with zero attached hydrogens (tertiary/aromatic N) is 1. The van der Waals surface area contributed by atoms with Gasteiger partial charge >= 0.3 is 0 Å². The Balaban J connectivity index is 1.96. The monoisotopic (exact) mass is 319 g/mol. The van der Waals surface area contributed by atoms with E-state index in [1.165, 1.54) is 0 Å². The highest BCUT2D eigenvalue weighted by molar-refractivity contribution is 5.92. The SMILES string of the molecule is COc1ccc(NC(N)=N[C@@H]2C[C@H](OC(C)(C)C)C2(C)C)cc1. The van der Waals surface area contributed by atoms with Gasteiger partial charge in [-0.2, -0.15) is 0 Å². The van der Waals surface area contributed by atoms with E-state index >= 15 is 0 Å². The summed E-state index contributed by atoms with van der Waals surface area (Å²) in [7, 11) is 1.65. The van der Waals surface area contributed by atoms with Crippen LogP contribution in [0.1, 0.15) is 41.0 Å². The van der Waals surface area contributed by atoms with Crippen molar-refractivity contribution >= 4 is 11.6 Å². The van der Waals surface area contributed by atoms with Gasteiger partial charge in [0.15, 0.2) is 5.96 Å². The van der Waals surface area contributed by atoms with Crippen LogP contribution in [0.25, 0.3) is 0 Å². The molecular weight excluding hydrogens is 290 g/mol. The van der Waals surface area contributed by atoms with E-state index in [0.29, 0.717) is 5.96 Å². The maximum Gasteiger partial charge on any atom is 0.193 e. The minimum absolute atomic E-state index is 0.0144. The van der Waals surface area contributed by atoms with Gasteiger partial charge in [0.2, 0.25) is 0 Å². The van der Waals surface area contributed by atoms with Crippen molar-refractivity contribution in [1.82, 2.24) is 0 Å². The number of methoxy groups -OCH3 is 1. The highest BCUT2D eigenvalue weighted by Gasteiger charge is 2.50. The van der Waals surface area contributed by atoms with E-state index in [9.17, 15) is 0 Å². The molecule has 2 atom stereocenters. The molecule has 2 rings (SSSR count). The fraction of sp³-hybridized carbons (Fsp3) is 0.611. The number of hydrogen-bond donors (Lipinski definition) is 2. The van der Waals surface area contributed by atoms with Gasteiger partial charge in [0.1, 0.15) is 5.75 Å². The zero-order valence-electron chi connectivity index (χ0n) is 15.0. The first-order valence-electron chi connectivity index (χ1n) is 8.04. The zero-order valence-corrected chi connectivity index (χ0v) is 15.0. The van der Waals surface area contributed by atoms with Gasteiger partial charge in [-0.05, 0) is 51.5 Å². The Morgan fingerprint density at radius 2 is 1.87 bits per heavy atom. The first-order valence-corrected chi connectivity index (χ1v) is 8.04. The molecule has 1 aliphatic carbocycles. The van der Waals surface area contributed by atoms with Gasteiger partial charge in [0.25, 0.3) is 0 Å². The molecule has 1 aliphatic rings. The van der Waals surface area contributed by atoms with Crippen molar-refractivity contribution in [1.29, 1.82) is 0 Å². The molecule has 3 N–H and O–H groups in total. The number of rotatable bonds is 4. The Hall–Kier alpha value is -1.75. The minimum Gasteiger partial charge on any atom is -0.497 e. The average molecular weight is 319 g/mol. The van der Waals surface area contributed by atoms with Crippen LogP contribution < -0.4 is 15.8 Å². The van der Waals surface area contributed by atoms with Crippen LogP contribution in [0.4, 0.5) is 5.69 Å². The lowest BCUT2D eigenvalue weighted by Gasteiger charge is -2.51. The predicted molar refractivity (Wildman–Crippen MR) is 95.1 cm³/mol. The van der Waals surface area contributed by atoms with E-state index in [2.05, 4.69) is 44.9 Å². The standard InChI is InChI=1S/C18H29N3O2/c1-17(2,3)23-15-11-14(18(15,4)5)21-16(19)20-12-7-9-13(22-6)10-8-12/h7-10,14-15H,11H2,1-6H3,(H3,19,20,21)/t14-,15+/m1/s1. The van der Waals surface area contributed by atoms with Crippen molar-refractivity contribution < 1.29 is 9.47 Å². The van der Waals surface area contributed by atoms with Crippen molar-refractivity contribution in [2.75, 3.05) is 12.4 Å². The maximum atomic E-state index is 6.10. The number of anilines is 1. The number of benzene rings is 1. The number of aliphatic imine (C=N–C) groups is 1. The summed E-state index contributed by atoms with van der Waals surface area (Å²) < 4.78 is 11.2. The van der Waals surface area contributed by atoms with Gasteiger partial charge < -0.3 is 20.5 Å². The van der Waals surface area contributed by atoms with Crippen LogP contribution in [-0.4, -0.2) is 30.8 Å². The van der Waals surface area contributed by atoms with Gasteiger partial charge in [0.05, 0.1) is 24.9 Å². The van der Waals surface area contributed by atoms with Crippen LogP contribution in [0.15, 0.2) is 29.3 Å². The molecule has 128 valence electrons. The molecule has 0 unspecified atom stereocenters. The summed E-state index contributed by atoms with van der Waals surface area (Å²) in [4.78, 5) is 4.63. The summed E-state index contributed by atoms with van der Waals surface area (Å²) in [5, 5.41) is 3.12. The summed E-state index contributed by atoms with van der Waals surface area (Å²) in [6.07, 6.45) is 1.11. The fourth-order valence-electron chi connectivity index (χ4n) is 2.73. The van der Waals surface area contributed by atoms with Crippen LogP contribution in [0, 0.1) is 5.41 Å². The second kappa shape index (κ2) is 6.40. The minimum atomic E-state index is -0.135. The Bertz CT molecular complexity index is 559. The number of nitrogens with two attached hydrogens (primary N) is 1. The fourth-order valence-corrected chi connectivity index (χ4v) is 2.73. The maximum absolute atomic E-state index is 6.10. The third-order valence-electron chi connectivity index (χ3n) is 4.28. The zero-order chi connectivity index (χ0) is 17.3. The van der Waals surface area contributed by atoms with E-state index < -0.39 is 0 Å². The lowest BCUT2D eigenvalue weighted by molar-refractivity contribution is -0.165. The molecule has 0 bridgehead atoms. The molecule has 0 heterocycles. The number of guanidine groups is 1. The summed E-state index contributed by atoms with van der Waals surface area (Å²) in [6, 6.07) is 7.77. The van der Waals surface area contributed by atoms with Crippen molar-refractivity contribution in [3.63, 3.8) is 0 Å². The lowest BCUT2D eigenvalue weighted by atomic mass is 9.64. The van der Waals surface area contributed by atoms with Gasteiger partial charge in [-0.25, -0.2) is 4.99 Å². The smallest absolute Gasteiger partial charge is 0.193 e. The van der Waals surface area contributed by atoms with Gasteiger partial charge in [-0.1, -0.05) is 13.8 Å². The molecule has 5 heteroatoms. The highest BCUT2D eigenvalue weighted by atomic mass is 16.5. The predicted octanol–water partition coefficient (Wildman–Crippen LogP) is 3.40. The summed E-state index contributed by atoms with van der Waals surface area (Å²) >= 11 is 0. The third kappa shape index (κ3) is 4.38. The van der Waals surface area contributed by atoms with Crippen LogP contribution in [0.3, 0.4) is 0 Å². The largest absolute Gasteiger partial charge is 0.497 e. The second-order valence-electron chi connectivity index (χ2n) is 7.66. The van der Waals surface area contributed by atoms with E-state index in [1.54, 1.807) is 7.11 Å². The van der Waals surface area contributed by atoms with Crippen molar-refractivity contribution in [3.05, 3.63) is 24.3 Å². The van der Waals surface area contributed by atoms with E-state index in [-0.39, 0.29) is 23.2 Å². The normalized spacial score (nSPS) is 24.0. The molecule has 1 aromatic carbocycles. The van der Waals surface area contributed by atoms with Gasteiger partial charge in [-0.3, -0.25) is 0 Å². The highest BCUT2D eigenvalue weighted by Crippen LogP contribution is 2.46. The first-order chi connectivity index (χ1) is 10.6. The van der Waals surface area contributed by atoms with Crippen molar-refractivity contribution in [2.24, 2.45) is 16.1 Å². The second-order valence-corrected chi connectivity index (χ2v) is 7.66. The molecule has 1 saturated carbocycles. The van der Waals surface area contributed by atoms with Crippen LogP contribution >= 0.6 is 0 Å². The Morgan fingerprint density at radius 3 is 2.35 bits per heavy atom. The number of nitrogens with one attached hydrogen (secondary N) is 1. The Labute approximate surface area is 139 Å². The average Bonchev–Trinajstić information content (AvgIpc) is 2.45. The molecule has 1 fully saturated rings. The molecule has 1 aromatic rings. The molecule has 5 nitrogen and oxygen atoms in total. The number of hydrogen-bond acceptors (Lipinski definition) is 3. The van der Waals surface area contributed by atoms with Gasteiger partial charge in [-0.15, -0.1) is 0 Å².